The molecule has 4 nitrogen and oxygen atoms in total. The molecule has 18 heavy (non-hydrogen) atoms. The van der Waals surface area contributed by atoms with Gasteiger partial charge in [-0.25, -0.2) is 0 Å². The lowest BCUT2D eigenvalue weighted by Gasteiger charge is -2.29. The van der Waals surface area contributed by atoms with Gasteiger partial charge in [0.2, 0.25) is 0 Å². The van der Waals surface area contributed by atoms with Gasteiger partial charge in [-0.05, 0) is 30.7 Å². The largest absolute Gasteiger partial charge is 0.378 e. The van der Waals surface area contributed by atoms with E-state index in [-0.39, 0.29) is 6.04 Å². The summed E-state index contributed by atoms with van der Waals surface area (Å²) in [6.45, 7) is 5.49. The molecule has 1 unspecified atom stereocenters. The molecule has 1 aromatic carbocycles. The fraction of sp³-hybridized carbons (Fsp3) is 0.500. The minimum atomic E-state index is -0.112. The Morgan fingerprint density at radius 1 is 1.33 bits per heavy atom. The number of rotatable bonds is 4. The van der Waals surface area contributed by atoms with Gasteiger partial charge in [0.15, 0.2) is 0 Å². The molecule has 0 saturated carbocycles. The Labute approximate surface area is 108 Å². The third-order valence-electron chi connectivity index (χ3n) is 3.15. The Balaban J connectivity index is 1.98. The normalized spacial score (nSPS) is 17.0. The van der Waals surface area contributed by atoms with Crippen molar-refractivity contribution in [2.45, 2.75) is 19.4 Å². The molecule has 1 fully saturated rings. The lowest BCUT2D eigenvalue weighted by molar-refractivity contribution is 0.122. The monoisotopic (exact) mass is 245 g/mol. The second-order valence-corrected chi connectivity index (χ2v) is 4.38. The van der Waals surface area contributed by atoms with E-state index >= 15 is 0 Å². The van der Waals surface area contributed by atoms with Crippen LogP contribution in [0.25, 0.3) is 0 Å². The molecule has 2 rings (SSSR count). The van der Waals surface area contributed by atoms with Gasteiger partial charge in [-0.1, -0.05) is 6.92 Å². The summed E-state index contributed by atoms with van der Waals surface area (Å²) >= 11 is 0. The number of nitrogens with one attached hydrogen (secondary N) is 1. The van der Waals surface area contributed by atoms with E-state index in [0.29, 0.717) is 0 Å². The molecule has 0 amide bonds. The van der Waals surface area contributed by atoms with E-state index in [1.807, 2.05) is 19.1 Å². The van der Waals surface area contributed by atoms with Gasteiger partial charge < -0.3 is 15.0 Å². The summed E-state index contributed by atoms with van der Waals surface area (Å²) in [7, 11) is 0. The smallest absolute Gasteiger partial charge is 0.114 e. The Morgan fingerprint density at radius 3 is 2.56 bits per heavy atom. The van der Waals surface area contributed by atoms with E-state index in [1.165, 1.54) is 5.69 Å². The third-order valence-corrected chi connectivity index (χ3v) is 3.15. The van der Waals surface area contributed by atoms with Crippen LogP contribution in [0.3, 0.4) is 0 Å². The molecule has 1 N–H and O–H groups in total. The van der Waals surface area contributed by atoms with Crippen molar-refractivity contribution in [3.8, 4) is 6.07 Å². The average Bonchev–Trinajstić information content (AvgIpc) is 2.46. The van der Waals surface area contributed by atoms with Gasteiger partial charge in [0, 0.05) is 24.5 Å². The SMILES string of the molecule is CCC(C#N)Nc1ccc(N2CCOCC2)cc1. The minimum Gasteiger partial charge on any atom is -0.378 e. The Bertz CT molecular complexity index is 404. The molecule has 1 aliphatic heterocycles. The molecule has 0 radical (unpaired) electrons. The summed E-state index contributed by atoms with van der Waals surface area (Å²) < 4.78 is 5.34. The molecule has 1 aromatic rings. The third kappa shape index (κ3) is 3.14. The predicted octanol–water partition coefficient (Wildman–Crippen LogP) is 2.24. The number of anilines is 2. The van der Waals surface area contributed by atoms with Gasteiger partial charge in [0.25, 0.3) is 0 Å². The number of hydrogen-bond acceptors (Lipinski definition) is 4. The van der Waals surface area contributed by atoms with Gasteiger partial charge in [0.05, 0.1) is 19.3 Å². The highest BCUT2D eigenvalue weighted by Gasteiger charge is 2.11. The highest BCUT2D eigenvalue weighted by molar-refractivity contribution is 5.56. The Kier molecular flexibility index (Phi) is 4.43. The van der Waals surface area contributed by atoms with Crippen molar-refractivity contribution in [1.29, 1.82) is 5.26 Å². The Morgan fingerprint density at radius 2 is 2.00 bits per heavy atom. The summed E-state index contributed by atoms with van der Waals surface area (Å²) in [5, 5.41) is 12.1. The van der Waals surface area contributed by atoms with E-state index in [4.69, 9.17) is 10.00 Å². The van der Waals surface area contributed by atoms with E-state index in [0.717, 1.165) is 38.4 Å². The van der Waals surface area contributed by atoms with Crippen LogP contribution in [0.4, 0.5) is 11.4 Å². The zero-order chi connectivity index (χ0) is 12.8. The summed E-state index contributed by atoms with van der Waals surface area (Å²) in [5.41, 5.74) is 2.22. The Hall–Kier alpha value is -1.73. The van der Waals surface area contributed by atoms with Crippen LogP contribution in [0.15, 0.2) is 24.3 Å². The van der Waals surface area contributed by atoms with Crippen LogP contribution in [0, 0.1) is 11.3 Å². The summed E-state index contributed by atoms with van der Waals surface area (Å²) in [5.74, 6) is 0. The van der Waals surface area contributed by atoms with Crippen molar-refractivity contribution in [2.75, 3.05) is 36.5 Å². The maximum Gasteiger partial charge on any atom is 0.114 e. The average molecular weight is 245 g/mol. The summed E-state index contributed by atoms with van der Waals surface area (Å²) in [6.07, 6.45) is 0.807. The van der Waals surface area contributed by atoms with Crippen LogP contribution in [0.1, 0.15) is 13.3 Å². The first-order chi connectivity index (χ1) is 8.83. The molecule has 1 aliphatic rings. The maximum atomic E-state index is 8.91. The van der Waals surface area contributed by atoms with Crippen molar-refractivity contribution in [3.05, 3.63) is 24.3 Å². The van der Waals surface area contributed by atoms with E-state index in [2.05, 4.69) is 28.4 Å². The number of nitriles is 1. The lowest BCUT2D eigenvalue weighted by atomic mass is 10.2. The quantitative estimate of drug-likeness (QED) is 0.883. The number of ether oxygens (including phenoxy) is 1. The first kappa shape index (κ1) is 12.7. The molecule has 1 saturated heterocycles. The fourth-order valence-corrected chi connectivity index (χ4v) is 2.02. The molecular weight excluding hydrogens is 226 g/mol. The lowest BCUT2D eigenvalue weighted by Crippen LogP contribution is -2.36. The topological polar surface area (TPSA) is 48.3 Å². The van der Waals surface area contributed by atoms with Crippen LogP contribution in [-0.2, 0) is 4.74 Å². The molecule has 0 aromatic heterocycles. The van der Waals surface area contributed by atoms with Gasteiger partial charge in [-0.15, -0.1) is 0 Å². The van der Waals surface area contributed by atoms with Crippen molar-refractivity contribution in [1.82, 2.24) is 0 Å². The van der Waals surface area contributed by atoms with Gasteiger partial charge in [-0.2, -0.15) is 5.26 Å². The van der Waals surface area contributed by atoms with Crippen LogP contribution >= 0.6 is 0 Å². The van der Waals surface area contributed by atoms with E-state index in [9.17, 15) is 0 Å². The molecule has 0 spiro atoms. The molecular formula is C14H19N3O. The predicted molar refractivity (Wildman–Crippen MR) is 72.8 cm³/mol. The number of hydrogen-bond donors (Lipinski definition) is 1. The zero-order valence-electron chi connectivity index (χ0n) is 10.7. The fourth-order valence-electron chi connectivity index (χ4n) is 2.02. The maximum absolute atomic E-state index is 8.91. The number of benzene rings is 1. The van der Waals surface area contributed by atoms with Crippen LogP contribution in [0.2, 0.25) is 0 Å². The first-order valence-electron chi connectivity index (χ1n) is 6.42. The standard InChI is InChI=1S/C14H19N3O/c1-2-12(11-15)16-13-3-5-14(6-4-13)17-7-9-18-10-8-17/h3-6,12,16H,2,7-10H2,1H3. The molecule has 1 atom stereocenters. The summed E-state index contributed by atoms with van der Waals surface area (Å²) in [4.78, 5) is 2.31. The zero-order valence-corrected chi connectivity index (χ0v) is 10.7. The second-order valence-electron chi connectivity index (χ2n) is 4.38. The molecule has 0 bridgehead atoms. The summed E-state index contributed by atoms with van der Waals surface area (Å²) in [6, 6.07) is 10.4. The molecule has 0 aliphatic carbocycles. The highest BCUT2D eigenvalue weighted by atomic mass is 16.5. The van der Waals surface area contributed by atoms with Crippen molar-refractivity contribution < 1.29 is 4.74 Å². The van der Waals surface area contributed by atoms with Crippen molar-refractivity contribution in [2.24, 2.45) is 0 Å². The number of nitrogens with zero attached hydrogens (tertiary/aromatic N) is 2. The minimum absolute atomic E-state index is 0.112. The highest BCUT2D eigenvalue weighted by Crippen LogP contribution is 2.19. The van der Waals surface area contributed by atoms with E-state index < -0.39 is 0 Å². The van der Waals surface area contributed by atoms with Crippen molar-refractivity contribution >= 4 is 11.4 Å². The van der Waals surface area contributed by atoms with Crippen LogP contribution in [0.5, 0.6) is 0 Å². The van der Waals surface area contributed by atoms with E-state index in [1.54, 1.807) is 0 Å². The van der Waals surface area contributed by atoms with Gasteiger partial charge >= 0.3 is 0 Å². The van der Waals surface area contributed by atoms with Crippen LogP contribution in [-0.4, -0.2) is 32.3 Å². The first-order valence-corrected chi connectivity index (χ1v) is 6.42. The molecule has 1 heterocycles. The second kappa shape index (κ2) is 6.27. The van der Waals surface area contributed by atoms with Gasteiger partial charge in [0.1, 0.15) is 6.04 Å². The van der Waals surface area contributed by atoms with Crippen molar-refractivity contribution in [3.63, 3.8) is 0 Å². The van der Waals surface area contributed by atoms with Crippen LogP contribution < -0.4 is 10.2 Å². The number of morpholine rings is 1. The molecule has 96 valence electrons. The molecule has 4 heteroatoms. The van der Waals surface area contributed by atoms with Gasteiger partial charge in [-0.3, -0.25) is 0 Å².